The van der Waals surface area contributed by atoms with Crippen LogP contribution < -0.4 is 10.9 Å². The van der Waals surface area contributed by atoms with Crippen molar-refractivity contribution in [1.82, 2.24) is 29.9 Å². The van der Waals surface area contributed by atoms with E-state index in [1.807, 2.05) is 0 Å². The summed E-state index contributed by atoms with van der Waals surface area (Å²) in [5.74, 6) is -0.312. The second-order valence-corrected chi connectivity index (χ2v) is 5.91. The molecule has 0 fully saturated rings. The van der Waals surface area contributed by atoms with Crippen LogP contribution in [0, 0.1) is 13.8 Å². The molecule has 3 aromatic heterocycles. The van der Waals surface area contributed by atoms with E-state index in [0.717, 1.165) is 0 Å². The van der Waals surface area contributed by atoms with Crippen LogP contribution in [-0.2, 0) is 23.9 Å². The van der Waals surface area contributed by atoms with E-state index in [-0.39, 0.29) is 30.3 Å². The van der Waals surface area contributed by atoms with Crippen molar-refractivity contribution in [2.75, 3.05) is 0 Å². The van der Waals surface area contributed by atoms with Gasteiger partial charge in [0.2, 0.25) is 5.91 Å². The van der Waals surface area contributed by atoms with Crippen molar-refractivity contribution in [1.29, 1.82) is 0 Å². The molecule has 0 aliphatic rings. The number of alkyl halides is 3. The van der Waals surface area contributed by atoms with Crippen molar-refractivity contribution in [2.45, 2.75) is 33.0 Å². The molecule has 0 aromatic carbocycles. The van der Waals surface area contributed by atoms with E-state index < -0.39 is 11.7 Å². The lowest BCUT2D eigenvalue weighted by atomic mass is 10.1. The summed E-state index contributed by atoms with van der Waals surface area (Å²) in [6.07, 6.45) is -3.19. The average Bonchev–Trinajstić information content (AvgIpc) is 2.97. The molecule has 3 heterocycles. The Labute approximate surface area is 150 Å². The molecule has 8 nitrogen and oxygen atoms in total. The second kappa shape index (κ2) is 6.82. The van der Waals surface area contributed by atoms with Gasteiger partial charge in [0.05, 0.1) is 18.5 Å². The zero-order chi connectivity index (χ0) is 19.8. The molecule has 0 aliphatic heterocycles. The van der Waals surface area contributed by atoms with Crippen LogP contribution in [0.5, 0.6) is 0 Å². The number of nitrogens with one attached hydrogen (secondary N) is 2. The standard InChI is InChI=1S/C16H15F3N6O2/c1-8-11(9(2)25-13(23-8)4-15(27)24-25)3-14(26)22-7-12-20-5-10(6-21-12)16(17,18)19/h4-6H,3,7H2,1-2H3,(H,22,26)(H,24,27). The number of carbonyl (C=O) groups excluding carboxylic acids is 1. The number of aromatic nitrogens is 5. The molecule has 0 saturated carbocycles. The van der Waals surface area contributed by atoms with Crippen LogP contribution in [0.1, 0.15) is 28.3 Å². The van der Waals surface area contributed by atoms with Crippen LogP contribution in [0.25, 0.3) is 5.65 Å². The maximum absolute atomic E-state index is 12.5. The predicted molar refractivity (Wildman–Crippen MR) is 87.9 cm³/mol. The van der Waals surface area contributed by atoms with E-state index in [1.165, 1.54) is 10.6 Å². The Morgan fingerprint density at radius 3 is 2.56 bits per heavy atom. The summed E-state index contributed by atoms with van der Waals surface area (Å²) in [7, 11) is 0. The average molecular weight is 380 g/mol. The first kappa shape index (κ1) is 18.5. The minimum Gasteiger partial charge on any atom is -0.349 e. The SMILES string of the molecule is Cc1nc2cc(=O)[nH]n2c(C)c1CC(=O)NCc1ncc(C(F)(F)F)cn1. The number of halogens is 3. The lowest BCUT2D eigenvalue weighted by molar-refractivity contribution is -0.138. The number of hydrogen-bond acceptors (Lipinski definition) is 5. The fourth-order valence-corrected chi connectivity index (χ4v) is 2.60. The normalized spacial score (nSPS) is 11.7. The van der Waals surface area contributed by atoms with Crippen molar-refractivity contribution in [3.05, 3.63) is 57.2 Å². The van der Waals surface area contributed by atoms with Crippen molar-refractivity contribution in [2.24, 2.45) is 0 Å². The molecule has 0 unspecified atom stereocenters. The van der Waals surface area contributed by atoms with Gasteiger partial charge in [0.1, 0.15) is 5.82 Å². The zero-order valence-corrected chi connectivity index (χ0v) is 14.4. The fourth-order valence-electron chi connectivity index (χ4n) is 2.60. The highest BCUT2D eigenvalue weighted by Crippen LogP contribution is 2.27. The number of amides is 1. The first-order valence-corrected chi connectivity index (χ1v) is 7.88. The third-order valence-corrected chi connectivity index (χ3v) is 4.02. The fraction of sp³-hybridized carbons (Fsp3) is 0.312. The van der Waals surface area contributed by atoms with Gasteiger partial charge >= 0.3 is 6.18 Å². The zero-order valence-electron chi connectivity index (χ0n) is 14.4. The molecule has 0 spiro atoms. The van der Waals surface area contributed by atoms with Crippen LogP contribution in [0.3, 0.4) is 0 Å². The molecule has 27 heavy (non-hydrogen) atoms. The van der Waals surface area contributed by atoms with Gasteiger partial charge in [-0.1, -0.05) is 0 Å². The molecule has 142 valence electrons. The highest BCUT2D eigenvalue weighted by molar-refractivity contribution is 5.79. The van der Waals surface area contributed by atoms with Gasteiger partial charge in [-0.3, -0.25) is 14.7 Å². The minimum atomic E-state index is -4.51. The molecule has 11 heteroatoms. The number of hydrogen-bond donors (Lipinski definition) is 2. The third kappa shape index (κ3) is 3.96. The summed E-state index contributed by atoms with van der Waals surface area (Å²) in [6.45, 7) is 3.37. The highest BCUT2D eigenvalue weighted by Gasteiger charge is 2.31. The Morgan fingerprint density at radius 1 is 1.26 bits per heavy atom. The Balaban J connectivity index is 1.69. The summed E-state index contributed by atoms with van der Waals surface area (Å²) >= 11 is 0. The molecular formula is C16H15F3N6O2. The minimum absolute atomic E-state index is 0.0124. The number of carbonyl (C=O) groups is 1. The van der Waals surface area contributed by atoms with Gasteiger partial charge in [-0.05, 0) is 13.8 Å². The van der Waals surface area contributed by atoms with Crippen molar-refractivity contribution < 1.29 is 18.0 Å². The molecular weight excluding hydrogens is 365 g/mol. The van der Waals surface area contributed by atoms with E-state index in [9.17, 15) is 22.8 Å². The molecule has 3 rings (SSSR count). The summed E-state index contributed by atoms with van der Waals surface area (Å²) in [5, 5.41) is 5.16. The molecule has 0 bridgehead atoms. The number of fused-ring (bicyclic) bond motifs is 1. The lowest BCUT2D eigenvalue weighted by Gasteiger charge is -2.11. The number of aromatic amines is 1. The molecule has 0 radical (unpaired) electrons. The Bertz CT molecular complexity index is 1050. The first-order chi connectivity index (χ1) is 12.6. The van der Waals surface area contributed by atoms with Crippen LogP contribution in [-0.4, -0.2) is 30.5 Å². The van der Waals surface area contributed by atoms with Gasteiger partial charge < -0.3 is 5.32 Å². The van der Waals surface area contributed by atoms with E-state index in [0.29, 0.717) is 35.0 Å². The van der Waals surface area contributed by atoms with Gasteiger partial charge in [0, 0.05) is 35.4 Å². The molecule has 1 amide bonds. The monoisotopic (exact) mass is 380 g/mol. The Kier molecular flexibility index (Phi) is 4.68. The Hall–Kier alpha value is -3.24. The third-order valence-electron chi connectivity index (χ3n) is 4.02. The van der Waals surface area contributed by atoms with Crippen LogP contribution in [0.4, 0.5) is 13.2 Å². The van der Waals surface area contributed by atoms with E-state index >= 15 is 0 Å². The topological polar surface area (TPSA) is 105 Å². The molecule has 0 atom stereocenters. The smallest absolute Gasteiger partial charge is 0.349 e. The number of H-pyrrole nitrogens is 1. The lowest BCUT2D eigenvalue weighted by Crippen LogP contribution is -2.27. The van der Waals surface area contributed by atoms with Gasteiger partial charge in [0.15, 0.2) is 5.65 Å². The Morgan fingerprint density at radius 2 is 1.93 bits per heavy atom. The van der Waals surface area contributed by atoms with Gasteiger partial charge in [-0.25, -0.2) is 19.5 Å². The van der Waals surface area contributed by atoms with Gasteiger partial charge in [-0.15, -0.1) is 0 Å². The van der Waals surface area contributed by atoms with Crippen molar-refractivity contribution in [3.63, 3.8) is 0 Å². The van der Waals surface area contributed by atoms with Gasteiger partial charge in [-0.2, -0.15) is 13.2 Å². The quantitative estimate of drug-likeness (QED) is 0.710. The van der Waals surface area contributed by atoms with E-state index in [4.69, 9.17) is 0 Å². The molecule has 2 N–H and O–H groups in total. The van der Waals surface area contributed by atoms with E-state index in [1.54, 1.807) is 13.8 Å². The maximum atomic E-state index is 12.5. The summed E-state index contributed by atoms with van der Waals surface area (Å²) < 4.78 is 39.0. The molecule has 3 aromatic rings. The summed E-state index contributed by atoms with van der Waals surface area (Å²) in [5.41, 5.74) is 1.11. The second-order valence-electron chi connectivity index (χ2n) is 5.91. The summed E-state index contributed by atoms with van der Waals surface area (Å²) in [4.78, 5) is 35.1. The van der Waals surface area contributed by atoms with Crippen LogP contribution in [0.2, 0.25) is 0 Å². The van der Waals surface area contributed by atoms with E-state index in [2.05, 4.69) is 25.4 Å². The highest BCUT2D eigenvalue weighted by atomic mass is 19.4. The largest absolute Gasteiger partial charge is 0.419 e. The van der Waals surface area contributed by atoms with Crippen molar-refractivity contribution in [3.8, 4) is 0 Å². The molecule has 0 saturated heterocycles. The maximum Gasteiger partial charge on any atom is 0.419 e. The number of rotatable bonds is 4. The number of nitrogens with zero attached hydrogens (tertiary/aromatic N) is 4. The van der Waals surface area contributed by atoms with Gasteiger partial charge in [0.25, 0.3) is 5.56 Å². The first-order valence-electron chi connectivity index (χ1n) is 7.88. The number of aryl methyl sites for hydroxylation is 2. The van der Waals surface area contributed by atoms with Crippen LogP contribution in [0.15, 0.2) is 23.3 Å². The summed E-state index contributed by atoms with van der Waals surface area (Å²) in [6, 6.07) is 1.35. The predicted octanol–water partition coefficient (Wildman–Crippen LogP) is 1.31. The molecule has 0 aliphatic carbocycles. The van der Waals surface area contributed by atoms with Crippen LogP contribution >= 0.6 is 0 Å². The van der Waals surface area contributed by atoms with Crippen molar-refractivity contribution >= 4 is 11.6 Å².